The van der Waals surface area contributed by atoms with Crippen molar-refractivity contribution in [3.05, 3.63) is 24.3 Å². The summed E-state index contributed by atoms with van der Waals surface area (Å²) in [6.07, 6.45) is 5.67. The highest BCUT2D eigenvalue weighted by atomic mass is 16.2. The van der Waals surface area contributed by atoms with E-state index in [0.717, 1.165) is 56.8 Å². The highest BCUT2D eigenvalue weighted by Gasteiger charge is 2.30. The summed E-state index contributed by atoms with van der Waals surface area (Å²) in [7, 11) is 4.08. The van der Waals surface area contributed by atoms with E-state index in [9.17, 15) is 4.79 Å². The number of hydrogen-bond acceptors (Lipinski definition) is 3. The van der Waals surface area contributed by atoms with Gasteiger partial charge in [0.2, 0.25) is 11.9 Å². The number of anilines is 1. The van der Waals surface area contributed by atoms with Gasteiger partial charge < -0.3 is 14.4 Å². The van der Waals surface area contributed by atoms with Crippen molar-refractivity contribution in [2.24, 2.45) is 18.9 Å². The number of hydrogen-bond donors (Lipinski definition) is 0. The maximum Gasteiger partial charge on any atom is 0.225 e. The second-order valence-corrected chi connectivity index (χ2v) is 7.74. The number of benzene rings is 1. The Bertz CT molecular complexity index is 756. The molecule has 2 aliphatic rings. The average Bonchev–Trinajstić information content (AvgIpc) is 2.91. The Kier molecular flexibility index (Phi) is 4.40. The fourth-order valence-corrected chi connectivity index (χ4v) is 4.18. The molecule has 0 bridgehead atoms. The van der Waals surface area contributed by atoms with Gasteiger partial charge in [0.05, 0.1) is 11.0 Å². The number of carbonyl (C=O) groups is 1. The molecule has 5 nitrogen and oxygen atoms in total. The molecular formula is C20H28N4O. The van der Waals surface area contributed by atoms with Crippen LogP contribution in [0.25, 0.3) is 11.0 Å². The summed E-state index contributed by atoms with van der Waals surface area (Å²) in [5.41, 5.74) is 2.25. The van der Waals surface area contributed by atoms with Gasteiger partial charge in [-0.15, -0.1) is 0 Å². The van der Waals surface area contributed by atoms with E-state index >= 15 is 0 Å². The maximum atomic E-state index is 12.3. The van der Waals surface area contributed by atoms with E-state index in [1.807, 2.05) is 18.0 Å². The first-order chi connectivity index (χ1) is 12.1. The zero-order valence-corrected chi connectivity index (χ0v) is 15.3. The molecule has 2 aromatic rings. The van der Waals surface area contributed by atoms with Crippen LogP contribution in [0.5, 0.6) is 0 Å². The second kappa shape index (κ2) is 6.70. The minimum Gasteiger partial charge on any atom is -0.345 e. The van der Waals surface area contributed by atoms with E-state index in [1.54, 1.807) is 0 Å². The molecule has 1 aliphatic carbocycles. The summed E-state index contributed by atoms with van der Waals surface area (Å²) in [6, 6.07) is 8.31. The average molecular weight is 340 g/mol. The van der Waals surface area contributed by atoms with Gasteiger partial charge in [0.25, 0.3) is 0 Å². The lowest BCUT2D eigenvalue weighted by atomic mass is 9.84. The number of amides is 1. The maximum absolute atomic E-state index is 12.3. The molecule has 0 N–H and O–H groups in total. The number of piperidine rings is 1. The molecule has 1 aromatic heterocycles. The van der Waals surface area contributed by atoms with Gasteiger partial charge in [-0.05, 0) is 43.7 Å². The minimum absolute atomic E-state index is 0.310. The van der Waals surface area contributed by atoms with Crippen LogP contribution >= 0.6 is 0 Å². The van der Waals surface area contributed by atoms with Gasteiger partial charge in [0.15, 0.2) is 0 Å². The first kappa shape index (κ1) is 16.4. The number of aromatic nitrogens is 2. The summed E-state index contributed by atoms with van der Waals surface area (Å²) in [5, 5.41) is 0. The molecule has 4 rings (SSSR count). The topological polar surface area (TPSA) is 41.4 Å². The van der Waals surface area contributed by atoms with Crippen molar-refractivity contribution in [2.45, 2.75) is 32.1 Å². The molecular weight excluding hydrogens is 312 g/mol. The SMILES string of the molecule is CN(CC1CCN(c2nc3ccccc3n2C)CC1)C(=O)C1CCC1. The lowest BCUT2D eigenvalue weighted by Crippen LogP contribution is -2.42. The molecule has 1 amide bonds. The number of imidazole rings is 1. The van der Waals surface area contributed by atoms with Crippen molar-refractivity contribution in [3.8, 4) is 0 Å². The molecule has 1 aromatic carbocycles. The lowest BCUT2D eigenvalue weighted by Gasteiger charge is -2.36. The van der Waals surface area contributed by atoms with Crippen molar-refractivity contribution in [3.63, 3.8) is 0 Å². The Hall–Kier alpha value is -2.04. The molecule has 25 heavy (non-hydrogen) atoms. The third-order valence-electron chi connectivity index (χ3n) is 6.02. The molecule has 0 atom stereocenters. The molecule has 0 radical (unpaired) electrons. The van der Waals surface area contributed by atoms with Crippen molar-refractivity contribution >= 4 is 22.9 Å². The molecule has 1 saturated heterocycles. The monoisotopic (exact) mass is 340 g/mol. The Morgan fingerprint density at radius 2 is 1.92 bits per heavy atom. The standard InChI is InChI=1S/C20H28N4O/c1-22(19(25)16-6-5-7-16)14-15-10-12-24(13-11-15)20-21-17-8-3-4-9-18(17)23(20)2/h3-4,8-9,15-16H,5-7,10-14H2,1-2H3. The molecule has 2 heterocycles. The van der Waals surface area contributed by atoms with Gasteiger partial charge in [-0.25, -0.2) is 4.98 Å². The van der Waals surface area contributed by atoms with E-state index in [4.69, 9.17) is 4.98 Å². The number of aryl methyl sites for hydroxylation is 1. The predicted octanol–water partition coefficient (Wildman–Crippen LogP) is 3.05. The summed E-state index contributed by atoms with van der Waals surface area (Å²) < 4.78 is 2.20. The van der Waals surface area contributed by atoms with Gasteiger partial charge in [-0.3, -0.25) is 4.79 Å². The van der Waals surface area contributed by atoms with Crippen LogP contribution in [0.1, 0.15) is 32.1 Å². The van der Waals surface area contributed by atoms with Crippen molar-refractivity contribution in [2.75, 3.05) is 31.6 Å². The highest BCUT2D eigenvalue weighted by Crippen LogP contribution is 2.29. The Morgan fingerprint density at radius 3 is 2.56 bits per heavy atom. The smallest absolute Gasteiger partial charge is 0.225 e. The molecule has 5 heteroatoms. The third kappa shape index (κ3) is 3.12. The number of fused-ring (bicyclic) bond motifs is 1. The van der Waals surface area contributed by atoms with Gasteiger partial charge >= 0.3 is 0 Å². The normalized spacial score (nSPS) is 19.2. The van der Waals surface area contributed by atoms with Crippen LogP contribution in [-0.2, 0) is 11.8 Å². The molecule has 1 saturated carbocycles. The zero-order valence-electron chi connectivity index (χ0n) is 15.3. The summed E-state index contributed by atoms with van der Waals surface area (Å²) >= 11 is 0. The highest BCUT2D eigenvalue weighted by molar-refractivity contribution is 5.79. The van der Waals surface area contributed by atoms with Crippen molar-refractivity contribution in [1.82, 2.24) is 14.5 Å². The van der Waals surface area contributed by atoms with Crippen LogP contribution in [0.15, 0.2) is 24.3 Å². The molecule has 1 aliphatic heterocycles. The summed E-state index contributed by atoms with van der Waals surface area (Å²) in [4.78, 5) is 21.5. The number of nitrogens with zero attached hydrogens (tertiary/aromatic N) is 4. The van der Waals surface area contributed by atoms with Gasteiger partial charge in [0, 0.05) is 39.6 Å². The minimum atomic E-state index is 0.310. The fraction of sp³-hybridized carbons (Fsp3) is 0.600. The van der Waals surface area contributed by atoms with E-state index in [1.165, 1.54) is 11.9 Å². The van der Waals surface area contributed by atoms with Crippen LogP contribution in [0.4, 0.5) is 5.95 Å². The first-order valence-electron chi connectivity index (χ1n) is 9.55. The molecule has 0 spiro atoms. The fourth-order valence-electron chi connectivity index (χ4n) is 4.18. The Morgan fingerprint density at radius 1 is 1.20 bits per heavy atom. The molecule has 0 unspecified atom stereocenters. The quantitative estimate of drug-likeness (QED) is 0.859. The van der Waals surface area contributed by atoms with E-state index in [-0.39, 0.29) is 0 Å². The van der Waals surface area contributed by atoms with E-state index < -0.39 is 0 Å². The van der Waals surface area contributed by atoms with Gasteiger partial charge in [-0.2, -0.15) is 0 Å². The van der Waals surface area contributed by atoms with Gasteiger partial charge in [0.1, 0.15) is 0 Å². The second-order valence-electron chi connectivity index (χ2n) is 7.74. The molecule has 2 fully saturated rings. The van der Waals surface area contributed by atoms with Crippen LogP contribution in [0.3, 0.4) is 0 Å². The third-order valence-corrected chi connectivity index (χ3v) is 6.02. The van der Waals surface area contributed by atoms with E-state index in [0.29, 0.717) is 17.7 Å². The summed E-state index contributed by atoms with van der Waals surface area (Å²) in [5.74, 6) is 2.35. The molecule has 134 valence electrons. The van der Waals surface area contributed by atoms with E-state index in [2.05, 4.69) is 34.7 Å². The number of rotatable bonds is 4. The predicted molar refractivity (Wildman–Crippen MR) is 101 cm³/mol. The van der Waals surface area contributed by atoms with Crippen LogP contribution in [0, 0.1) is 11.8 Å². The van der Waals surface area contributed by atoms with Crippen LogP contribution in [0.2, 0.25) is 0 Å². The van der Waals surface area contributed by atoms with Crippen molar-refractivity contribution < 1.29 is 4.79 Å². The van der Waals surface area contributed by atoms with Crippen molar-refractivity contribution in [1.29, 1.82) is 0 Å². The Labute approximate surface area is 149 Å². The number of carbonyl (C=O) groups excluding carboxylic acids is 1. The van der Waals surface area contributed by atoms with Crippen LogP contribution < -0.4 is 4.90 Å². The van der Waals surface area contributed by atoms with Gasteiger partial charge in [-0.1, -0.05) is 18.6 Å². The lowest BCUT2D eigenvalue weighted by molar-refractivity contribution is -0.137. The first-order valence-corrected chi connectivity index (χ1v) is 9.55. The number of para-hydroxylation sites is 2. The zero-order chi connectivity index (χ0) is 17.4. The van der Waals surface area contributed by atoms with Crippen LogP contribution in [-0.4, -0.2) is 47.0 Å². The summed E-state index contributed by atoms with van der Waals surface area (Å²) in [6.45, 7) is 2.95. The largest absolute Gasteiger partial charge is 0.345 e. The Balaban J connectivity index is 1.36.